The fraction of sp³-hybridized carbons (Fsp3) is 0.480. The van der Waals surface area contributed by atoms with E-state index in [0.29, 0.717) is 12.1 Å². The van der Waals surface area contributed by atoms with Gasteiger partial charge in [0.2, 0.25) is 0 Å². The van der Waals surface area contributed by atoms with E-state index in [0.717, 1.165) is 73.0 Å². The van der Waals surface area contributed by atoms with Gasteiger partial charge in [0.05, 0.1) is 18.2 Å². The molecular weight excluding hydrogens is 422 g/mol. The average molecular weight is 452 g/mol. The number of rotatable bonds is 5. The van der Waals surface area contributed by atoms with Gasteiger partial charge in [-0.15, -0.1) is 0 Å². The predicted octanol–water partition coefficient (Wildman–Crippen LogP) is 5.02. The predicted molar refractivity (Wildman–Crippen MR) is 128 cm³/mol. The van der Waals surface area contributed by atoms with E-state index in [9.17, 15) is 0 Å². The number of methoxy groups -OCH3 is 1. The van der Waals surface area contributed by atoms with Crippen LogP contribution in [0.3, 0.4) is 0 Å². The van der Waals surface area contributed by atoms with Crippen LogP contribution in [0.5, 0.6) is 0 Å². The van der Waals surface area contributed by atoms with Crippen molar-refractivity contribution in [1.82, 2.24) is 19.9 Å². The van der Waals surface area contributed by atoms with Crippen molar-refractivity contribution in [2.24, 2.45) is 0 Å². The summed E-state index contributed by atoms with van der Waals surface area (Å²) in [6.07, 6.45) is 9.78. The number of halogens is 1. The molecule has 2 saturated heterocycles. The van der Waals surface area contributed by atoms with Crippen molar-refractivity contribution in [3.8, 4) is 0 Å². The monoisotopic (exact) mass is 451 g/mol. The maximum atomic E-state index is 6.35. The number of likely N-dealkylation sites (tertiary alicyclic amines) is 1. The minimum Gasteiger partial charge on any atom is -0.381 e. The van der Waals surface area contributed by atoms with Crippen molar-refractivity contribution in [3.63, 3.8) is 0 Å². The molecule has 2 aliphatic rings. The maximum Gasteiger partial charge on any atom is 0.145 e. The maximum absolute atomic E-state index is 6.35. The van der Waals surface area contributed by atoms with Gasteiger partial charge < -0.3 is 9.64 Å². The third kappa shape index (κ3) is 4.58. The summed E-state index contributed by atoms with van der Waals surface area (Å²) < 4.78 is 5.57. The third-order valence-corrected chi connectivity index (χ3v) is 7.02. The first kappa shape index (κ1) is 21.6. The molecule has 0 radical (unpaired) electrons. The number of piperidine rings is 2. The van der Waals surface area contributed by atoms with Crippen LogP contribution in [0.25, 0.3) is 10.9 Å². The largest absolute Gasteiger partial charge is 0.381 e. The van der Waals surface area contributed by atoms with Gasteiger partial charge in [0.25, 0.3) is 0 Å². The number of fused-ring (bicyclic) bond motifs is 1. The molecule has 7 heteroatoms. The smallest absolute Gasteiger partial charge is 0.145 e. The lowest BCUT2D eigenvalue weighted by Gasteiger charge is -2.36. The van der Waals surface area contributed by atoms with Crippen molar-refractivity contribution in [1.29, 1.82) is 0 Å². The van der Waals surface area contributed by atoms with Crippen LogP contribution in [-0.2, 0) is 11.3 Å². The molecule has 2 fully saturated rings. The van der Waals surface area contributed by atoms with Gasteiger partial charge in [-0.1, -0.05) is 24.1 Å². The second-order valence-electron chi connectivity index (χ2n) is 8.82. The second-order valence-corrected chi connectivity index (χ2v) is 9.25. The summed E-state index contributed by atoms with van der Waals surface area (Å²) in [5, 5.41) is 1.74. The van der Waals surface area contributed by atoms with Crippen LogP contribution in [0.2, 0.25) is 5.02 Å². The van der Waals surface area contributed by atoms with Crippen LogP contribution in [-0.4, -0.2) is 52.7 Å². The van der Waals surface area contributed by atoms with Crippen molar-refractivity contribution in [2.75, 3.05) is 31.6 Å². The SMILES string of the molecule is COC1CCN(c2nc(CN3CCCCC3c3cccnc3)nc3ccc(Cl)cc23)CC1. The Hall–Kier alpha value is -2.28. The van der Waals surface area contributed by atoms with E-state index in [-0.39, 0.29) is 0 Å². The second kappa shape index (κ2) is 9.69. The van der Waals surface area contributed by atoms with Crippen molar-refractivity contribution >= 4 is 28.3 Å². The Kier molecular flexibility index (Phi) is 6.53. The summed E-state index contributed by atoms with van der Waals surface area (Å²) in [4.78, 5) is 19.3. The Balaban J connectivity index is 1.47. The van der Waals surface area contributed by atoms with Gasteiger partial charge >= 0.3 is 0 Å². The van der Waals surface area contributed by atoms with E-state index >= 15 is 0 Å². The Morgan fingerprint density at radius 2 is 1.94 bits per heavy atom. The average Bonchev–Trinajstić information content (AvgIpc) is 2.85. The van der Waals surface area contributed by atoms with Crippen LogP contribution < -0.4 is 4.90 Å². The molecule has 0 bridgehead atoms. The molecule has 0 N–H and O–H groups in total. The molecule has 1 aromatic carbocycles. The van der Waals surface area contributed by atoms with Gasteiger partial charge in [0.15, 0.2) is 0 Å². The Labute approximate surface area is 194 Å². The van der Waals surface area contributed by atoms with E-state index in [1.165, 1.54) is 18.4 Å². The van der Waals surface area contributed by atoms with E-state index in [1.54, 1.807) is 7.11 Å². The summed E-state index contributed by atoms with van der Waals surface area (Å²) in [5.41, 5.74) is 2.24. The van der Waals surface area contributed by atoms with Crippen LogP contribution in [0.15, 0.2) is 42.7 Å². The molecule has 4 heterocycles. The molecule has 0 spiro atoms. The molecule has 5 rings (SSSR count). The summed E-state index contributed by atoms with van der Waals surface area (Å²) in [6.45, 7) is 3.65. The number of aromatic nitrogens is 3. The highest BCUT2D eigenvalue weighted by Gasteiger charge is 2.27. The highest BCUT2D eigenvalue weighted by Crippen LogP contribution is 2.33. The van der Waals surface area contributed by atoms with Crippen molar-refractivity contribution < 1.29 is 4.74 Å². The molecule has 32 heavy (non-hydrogen) atoms. The van der Waals surface area contributed by atoms with E-state index < -0.39 is 0 Å². The molecule has 2 aromatic heterocycles. The number of hydrogen-bond donors (Lipinski definition) is 0. The number of benzene rings is 1. The lowest BCUT2D eigenvalue weighted by Crippen LogP contribution is -2.38. The molecule has 2 aliphatic heterocycles. The topological polar surface area (TPSA) is 54.4 Å². The van der Waals surface area contributed by atoms with E-state index in [2.05, 4.69) is 20.9 Å². The van der Waals surface area contributed by atoms with Crippen LogP contribution in [0, 0.1) is 0 Å². The van der Waals surface area contributed by atoms with E-state index in [4.69, 9.17) is 26.3 Å². The zero-order valence-electron chi connectivity index (χ0n) is 18.6. The minimum atomic E-state index is 0.330. The Morgan fingerprint density at radius 3 is 2.72 bits per heavy atom. The number of anilines is 1. The fourth-order valence-corrected chi connectivity index (χ4v) is 5.23. The molecule has 1 unspecified atom stereocenters. The molecule has 1 atom stereocenters. The summed E-state index contributed by atoms with van der Waals surface area (Å²) >= 11 is 6.35. The highest BCUT2D eigenvalue weighted by atomic mass is 35.5. The van der Waals surface area contributed by atoms with Crippen LogP contribution in [0.4, 0.5) is 5.82 Å². The lowest BCUT2D eigenvalue weighted by atomic mass is 9.96. The Morgan fingerprint density at radius 1 is 1.06 bits per heavy atom. The lowest BCUT2D eigenvalue weighted by molar-refractivity contribution is 0.0818. The number of nitrogens with zero attached hydrogens (tertiary/aromatic N) is 5. The van der Waals surface area contributed by atoms with Crippen LogP contribution in [0.1, 0.15) is 49.5 Å². The number of hydrogen-bond acceptors (Lipinski definition) is 6. The zero-order chi connectivity index (χ0) is 21.9. The number of pyridine rings is 1. The van der Waals surface area contributed by atoms with Gasteiger partial charge in [-0.05, 0) is 62.1 Å². The summed E-state index contributed by atoms with van der Waals surface area (Å²) in [7, 11) is 1.80. The molecule has 0 amide bonds. The van der Waals surface area contributed by atoms with Gasteiger partial charge in [0, 0.05) is 49.0 Å². The zero-order valence-corrected chi connectivity index (χ0v) is 19.3. The van der Waals surface area contributed by atoms with Gasteiger partial charge in [-0.25, -0.2) is 9.97 Å². The quantitative estimate of drug-likeness (QED) is 0.542. The first-order valence-electron chi connectivity index (χ1n) is 11.6. The number of ether oxygens (including phenoxy) is 1. The normalized spacial score (nSPS) is 20.7. The van der Waals surface area contributed by atoms with Gasteiger partial charge in [-0.2, -0.15) is 0 Å². The molecule has 3 aromatic rings. The summed E-state index contributed by atoms with van der Waals surface area (Å²) in [5.74, 6) is 1.87. The summed E-state index contributed by atoms with van der Waals surface area (Å²) in [6, 6.07) is 10.5. The van der Waals surface area contributed by atoms with Gasteiger partial charge in [0.1, 0.15) is 11.6 Å². The van der Waals surface area contributed by atoms with Gasteiger partial charge in [-0.3, -0.25) is 9.88 Å². The van der Waals surface area contributed by atoms with E-state index in [1.807, 2.05) is 36.7 Å². The standard InChI is InChI=1S/C25H30ClN5O/c1-32-20-9-13-30(14-10-20)25-21-15-19(26)7-8-22(21)28-24(29-25)17-31-12-3-2-6-23(31)18-5-4-11-27-16-18/h4-5,7-8,11,15-16,20,23H,2-3,6,9-10,12-14,17H2,1H3. The Bertz CT molecular complexity index is 1050. The van der Waals surface area contributed by atoms with Crippen LogP contribution >= 0.6 is 11.6 Å². The first-order valence-corrected chi connectivity index (χ1v) is 12.0. The fourth-order valence-electron chi connectivity index (χ4n) is 5.06. The molecule has 168 valence electrons. The minimum absolute atomic E-state index is 0.330. The first-order chi connectivity index (χ1) is 15.7. The molecule has 0 aliphatic carbocycles. The third-order valence-electron chi connectivity index (χ3n) is 6.79. The highest BCUT2D eigenvalue weighted by molar-refractivity contribution is 6.31. The van der Waals surface area contributed by atoms with Crippen molar-refractivity contribution in [3.05, 3.63) is 59.1 Å². The molecule has 0 saturated carbocycles. The molecule has 6 nitrogen and oxygen atoms in total. The molecular formula is C25H30ClN5O. The van der Waals surface area contributed by atoms with Crippen molar-refractivity contribution in [2.45, 2.75) is 50.8 Å².